The number of aromatic nitrogens is 2. The normalized spacial score (nSPS) is 15.4. The van der Waals surface area contributed by atoms with E-state index < -0.39 is 22.2 Å². The summed E-state index contributed by atoms with van der Waals surface area (Å²) in [6, 6.07) is -0.957. The lowest BCUT2D eigenvalue weighted by Gasteiger charge is -2.29. The lowest BCUT2D eigenvalue weighted by Crippen LogP contribution is -2.38. The fraction of sp³-hybridized carbons (Fsp3) is 0.500. The maximum atomic E-state index is 12.5. The van der Waals surface area contributed by atoms with E-state index in [4.69, 9.17) is 4.74 Å². The van der Waals surface area contributed by atoms with Crippen LogP contribution in [0.4, 0.5) is 9.80 Å². The molecule has 11 heteroatoms. The Morgan fingerprint density at radius 3 is 2.72 bits per heavy atom. The van der Waals surface area contributed by atoms with Gasteiger partial charge in [-0.1, -0.05) is 13.8 Å². The number of amides is 2. The van der Waals surface area contributed by atoms with Crippen molar-refractivity contribution in [3.05, 3.63) is 34.2 Å². The first-order chi connectivity index (χ1) is 13.5. The van der Waals surface area contributed by atoms with Gasteiger partial charge in [0.2, 0.25) is 0 Å². The molecule has 9 nitrogen and oxygen atoms in total. The second kappa shape index (κ2) is 7.79. The molecule has 0 aromatic carbocycles. The number of esters is 1. The molecule has 0 saturated carbocycles. The molecule has 0 saturated heterocycles. The summed E-state index contributed by atoms with van der Waals surface area (Å²) in [4.78, 5) is 29.8. The number of rotatable bonds is 5. The van der Waals surface area contributed by atoms with Crippen molar-refractivity contribution in [3.63, 3.8) is 0 Å². The predicted molar refractivity (Wildman–Crippen MR) is 110 cm³/mol. The fourth-order valence-electron chi connectivity index (χ4n) is 3.33. The minimum atomic E-state index is -4.15. The second-order valence-electron chi connectivity index (χ2n) is 7.60. The van der Waals surface area contributed by atoms with E-state index in [1.54, 1.807) is 6.92 Å². The van der Waals surface area contributed by atoms with Crippen molar-refractivity contribution in [1.29, 1.82) is 0 Å². The lowest BCUT2D eigenvalue weighted by molar-refractivity contribution is 0.0526. The number of carbonyl (C=O) groups is 2. The van der Waals surface area contributed by atoms with Crippen LogP contribution in [-0.4, -0.2) is 36.0 Å². The molecule has 0 fully saturated rings. The van der Waals surface area contributed by atoms with Gasteiger partial charge < -0.3 is 4.74 Å². The third kappa shape index (κ3) is 4.45. The largest absolute Gasteiger partial charge is 0.462 e. The van der Waals surface area contributed by atoms with E-state index in [9.17, 15) is 18.0 Å². The van der Waals surface area contributed by atoms with Crippen LogP contribution in [0.15, 0.2) is 12.4 Å². The smallest absolute Gasteiger partial charge is 0.341 e. The molecule has 2 N–H and O–H groups in total. The lowest BCUT2D eigenvalue weighted by atomic mass is 9.77. The number of nitrogens with one attached hydrogen (secondary N) is 2. The molecule has 158 valence electrons. The van der Waals surface area contributed by atoms with Gasteiger partial charge in [0.1, 0.15) is 10.8 Å². The summed E-state index contributed by atoms with van der Waals surface area (Å²) >= 11 is 1.29. The molecule has 2 amide bonds. The highest BCUT2D eigenvalue weighted by Gasteiger charge is 2.33. The third-order valence-corrected chi connectivity index (χ3v) is 7.25. The van der Waals surface area contributed by atoms with Gasteiger partial charge in [0, 0.05) is 17.3 Å². The average molecular weight is 441 g/mol. The molecule has 1 aliphatic rings. The first kappa shape index (κ1) is 21.3. The molecule has 2 aromatic rings. The number of fused-ring (bicyclic) bond motifs is 1. The summed E-state index contributed by atoms with van der Waals surface area (Å²) in [5.74, 6) is -0.306. The first-order valence-corrected chi connectivity index (χ1v) is 11.5. The number of hydrogen-bond acceptors (Lipinski definition) is 7. The van der Waals surface area contributed by atoms with Crippen molar-refractivity contribution in [3.8, 4) is 0 Å². The molecule has 0 atom stereocenters. The summed E-state index contributed by atoms with van der Waals surface area (Å²) < 4.78 is 32.7. The Kier molecular flexibility index (Phi) is 5.72. The van der Waals surface area contributed by atoms with Crippen LogP contribution in [0, 0.1) is 12.3 Å². The summed E-state index contributed by atoms with van der Waals surface area (Å²) in [7, 11) is -4.15. The molecule has 2 aromatic heterocycles. The van der Waals surface area contributed by atoms with Crippen LogP contribution in [0.25, 0.3) is 0 Å². The molecule has 0 bridgehead atoms. The van der Waals surface area contributed by atoms with Gasteiger partial charge >= 0.3 is 22.2 Å². The fourth-order valence-corrected chi connectivity index (χ4v) is 5.81. The van der Waals surface area contributed by atoms with Gasteiger partial charge in [-0.25, -0.2) is 23.3 Å². The maximum Gasteiger partial charge on any atom is 0.341 e. The maximum absolute atomic E-state index is 12.5. The van der Waals surface area contributed by atoms with Crippen LogP contribution in [0.2, 0.25) is 0 Å². The second-order valence-corrected chi connectivity index (χ2v) is 10.3. The minimum Gasteiger partial charge on any atom is -0.462 e. The molecular weight excluding hydrogens is 416 g/mol. The summed E-state index contributed by atoms with van der Waals surface area (Å²) in [6.45, 7) is 7.72. The van der Waals surface area contributed by atoms with Crippen molar-refractivity contribution in [2.45, 2.75) is 47.0 Å². The third-order valence-electron chi connectivity index (χ3n) is 4.75. The van der Waals surface area contributed by atoms with Crippen molar-refractivity contribution >= 4 is 38.5 Å². The summed E-state index contributed by atoms with van der Waals surface area (Å²) in [5, 5.41) is 2.82. The zero-order chi connectivity index (χ0) is 21.4. The zero-order valence-corrected chi connectivity index (χ0v) is 18.4. The van der Waals surface area contributed by atoms with Crippen molar-refractivity contribution in [1.82, 2.24) is 13.7 Å². The van der Waals surface area contributed by atoms with Gasteiger partial charge in [0.25, 0.3) is 0 Å². The number of aryl methyl sites for hydroxylation is 1. The molecule has 0 radical (unpaired) electrons. The van der Waals surface area contributed by atoms with E-state index in [0.29, 0.717) is 17.0 Å². The topological polar surface area (TPSA) is 119 Å². The van der Waals surface area contributed by atoms with Gasteiger partial charge in [-0.3, -0.25) is 5.32 Å². The minimum absolute atomic E-state index is 0.0889. The highest BCUT2D eigenvalue weighted by Crippen LogP contribution is 2.44. The highest BCUT2D eigenvalue weighted by molar-refractivity contribution is 7.88. The predicted octanol–water partition coefficient (Wildman–Crippen LogP) is 2.86. The van der Waals surface area contributed by atoms with Gasteiger partial charge in [-0.15, -0.1) is 11.3 Å². The Labute approximate surface area is 173 Å². The van der Waals surface area contributed by atoms with E-state index in [1.807, 2.05) is 4.72 Å². The molecule has 1 aliphatic carbocycles. The van der Waals surface area contributed by atoms with Crippen LogP contribution in [-0.2, 0) is 27.8 Å². The molecule has 0 aliphatic heterocycles. The number of anilines is 1. The van der Waals surface area contributed by atoms with E-state index in [2.05, 4.69) is 24.1 Å². The van der Waals surface area contributed by atoms with E-state index in [-0.39, 0.29) is 17.8 Å². The van der Waals surface area contributed by atoms with E-state index in [0.717, 1.165) is 27.3 Å². The van der Waals surface area contributed by atoms with E-state index in [1.165, 1.54) is 30.7 Å². The molecule has 0 spiro atoms. The Morgan fingerprint density at radius 2 is 2.10 bits per heavy atom. The van der Waals surface area contributed by atoms with Crippen molar-refractivity contribution in [2.24, 2.45) is 5.41 Å². The summed E-state index contributed by atoms with van der Waals surface area (Å²) in [6.07, 6.45) is 4.93. The highest BCUT2D eigenvalue weighted by atomic mass is 32.2. The van der Waals surface area contributed by atoms with Crippen LogP contribution in [0.3, 0.4) is 0 Å². The van der Waals surface area contributed by atoms with Crippen molar-refractivity contribution in [2.75, 3.05) is 11.9 Å². The van der Waals surface area contributed by atoms with Gasteiger partial charge in [0.15, 0.2) is 0 Å². The Hall–Kier alpha value is -2.40. The van der Waals surface area contributed by atoms with Gasteiger partial charge in [-0.2, -0.15) is 8.42 Å². The standard InChI is InChI=1S/C18H24N4O5S2/c1-5-27-16(23)14-12-6-7-18(3,4)10-13(12)28-15(14)20-17(24)21-29(25,26)22-9-8-19-11(22)2/h8-9H,5-7,10H2,1-4H3,(H2,20,21,24). The van der Waals surface area contributed by atoms with Crippen LogP contribution in [0.5, 0.6) is 0 Å². The number of hydrogen-bond donors (Lipinski definition) is 2. The van der Waals surface area contributed by atoms with Crippen LogP contribution in [0.1, 0.15) is 53.8 Å². The molecule has 2 heterocycles. The Balaban J connectivity index is 1.88. The van der Waals surface area contributed by atoms with Gasteiger partial charge in [-0.05, 0) is 44.1 Å². The van der Waals surface area contributed by atoms with Gasteiger partial charge in [0.05, 0.1) is 12.2 Å². The number of nitrogens with zero attached hydrogens (tertiary/aromatic N) is 2. The number of urea groups is 1. The Bertz CT molecular complexity index is 1050. The van der Waals surface area contributed by atoms with Crippen molar-refractivity contribution < 1.29 is 22.7 Å². The summed E-state index contributed by atoms with van der Waals surface area (Å²) in [5.41, 5.74) is 1.27. The van der Waals surface area contributed by atoms with E-state index >= 15 is 0 Å². The number of imidazole rings is 1. The number of carbonyl (C=O) groups excluding carboxylic acids is 2. The molecule has 3 rings (SSSR count). The molecule has 0 unspecified atom stereocenters. The van der Waals surface area contributed by atoms with Crippen LogP contribution < -0.4 is 10.0 Å². The average Bonchev–Trinajstić information content (AvgIpc) is 3.16. The Morgan fingerprint density at radius 1 is 1.38 bits per heavy atom. The van der Waals surface area contributed by atoms with Crippen LogP contribution >= 0.6 is 11.3 Å². The molecular formula is C18H24N4O5S2. The molecule has 29 heavy (non-hydrogen) atoms. The zero-order valence-electron chi connectivity index (χ0n) is 16.7. The SMILES string of the molecule is CCOC(=O)c1c(NC(=O)NS(=O)(=O)n2ccnc2C)sc2c1CCC(C)(C)C2. The number of ether oxygens (including phenoxy) is 1. The first-order valence-electron chi connectivity index (χ1n) is 9.20. The quantitative estimate of drug-likeness (QED) is 0.690. The monoisotopic (exact) mass is 440 g/mol. The number of thiophene rings is 1.